The van der Waals surface area contributed by atoms with Crippen molar-refractivity contribution in [1.82, 2.24) is 14.9 Å². The third-order valence-electron chi connectivity index (χ3n) is 5.17. The molecule has 2 aromatic heterocycles. The maximum absolute atomic E-state index is 12.8. The van der Waals surface area contributed by atoms with E-state index < -0.39 is 11.7 Å². The Kier molecular flexibility index (Phi) is 4.92. The van der Waals surface area contributed by atoms with Gasteiger partial charge in [-0.2, -0.15) is 0 Å². The molecule has 4 rings (SSSR count). The number of hydrogen-bond donors (Lipinski definition) is 1. The van der Waals surface area contributed by atoms with E-state index in [9.17, 15) is 14.7 Å². The number of amides is 1. The molecule has 2 atom stereocenters. The molecule has 144 valence electrons. The number of likely N-dealkylation sites (tertiary alicyclic amines) is 1. The summed E-state index contributed by atoms with van der Waals surface area (Å²) < 4.78 is 5.26. The Balaban J connectivity index is 1.50. The van der Waals surface area contributed by atoms with E-state index in [0.29, 0.717) is 24.1 Å². The van der Waals surface area contributed by atoms with Crippen LogP contribution in [-0.2, 0) is 17.6 Å². The van der Waals surface area contributed by atoms with Gasteiger partial charge in [-0.25, -0.2) is 4.79 Å². The summed E-state index contributed by atoms with van der Waals surface area (Å²) in [5.41, 5.74) is 2.43. The fourth-order valence-electron chi connectivity index (χ4n) is 3.72. The summed E-state index contributed by atoms with van der Waals surface area (Å²) in [6.45, 7) is 2.65. The number of carbonyl (C=O) groups is 1. The first kappa shape index (κ1) is 18.3. The fourth-order valence-corrected chi connectivity index (χ4v) is 3.72. The molecule has 1 fully saturated rings. The predicted molar refractivity (Wildman–Crippen MR) is 103 cm³/mol. The molecule has 0 aliphatic carbocycles. The minimum atomic E-state index is -0.605. The van der Waals surface area contributed by atoms with Crippen molar-refractivity contribution in [2.24, 2.45) is 5.92 Å². The average Bonchev–Trinajstić information content (AvgIpc) is 3.02. The minimum Gasteiger partial charge on any atom is -0.423 e. The first-order valence-corrected chi connectivity index (χ1v) is 9.24. The third-order valence-corrected chi connectivity index (χ3v) is 5.17. The Morgan fingerprint density at radius 1 is 1.29 bits per heavy atom. The number of aliphatic hydroxyl groups is 1. The molecule has 7 heteroatoms. The van der Waals surface area contributed by atoms with Gasteiger partial charge in [0.15, 0.2) is 0 Å². The van der Waals surface area contributed by atoms with E-state index >= 15 is 0 Å². The summed E-state index contributed by atoms with van der Waals surface area (Å²) in [6, 6.07) is 6.96. The Labute approximate surface area is 161 Å². The van der Waals surface area contributed by atoms with Crippen molar-refractivity contribution in [3.63, 3.8) is 0 Å². The van der Waals surface area contributed by atoms with Gasteiger partial charge in [0.1, 0.15) is 5.58 Å². The normalized spacial score (nSPS) is 19.3. The zero-order chi connectivity index (χ0) is 19.7. The number of nitrogens with zero attached hydrogens (tertiary/aromatic N) is 3. The van der Waals surface area contributed by atoms with Gasteiger partial charge >= 0.3 is 5.63 Å². The maximum atomic E-state index is 12.8. The van der Waals surface area contributed by atoms with E-state index in [2.05, 4.69) is 9.97 Å². The number of hydrogen-bond acceptors (Lipinski definition) is 6. The molecule has 1 N–H and O–H groups in total. The second-order valence-corrected chi connectivity index (χ2v) is 7.29. The first-order chi connectivity index (χ1) is 13.5. The van der Waals surface area contributed by atoms with Crippen molar-refractivity contribution in [3.8, 4) is 0 Å². The molecule has 1 saturated heterocycles. The molecule has 7 nitrogen and oxygen atoms in total. The fraction of sp³-hybridized carbons (Fsp3) is 0.333. The molecule has 3 aromatic rings. The van der Waals surface area contributed by atoms with Gasteiger partial charge in [0, 0.05) is 49.1 Å². The van der Waals surface area contributed by atoms with E-state index in [1.165, 1.54) is 6.07 Å². The van der Waals surface area contributed by atoms with Crippen LogP contribution in [0.1, 0.15) is 16.8 Å². The quantitative estimate of drug-likeness (QED) is 0.690. The smallest absolute Gasteiger partial charge is 0.336 e. The largest absolute Gasteiger partial charge is 0.423 e. The topological polar surface area (TPSA) is 96.5 Å². The molecular formula is C21H21N3O4. The number of rotatable bonds is 4. The Hall–Kier alpha value is -3.06. The van der Waals surface area contributed by atoms with Crippen LogP contribution in [0.25, 0.3) is 11.0 Å². The van der Waals surface area contributed by atoms with Gasteiger partial charge in [-0.1, -0.05) is 12.1 Å². The highest BCUT2D eigenvalue weighted by Gasteiger charge is 2.34. The van der Waals surface area contributed by atoms with Crippen molar-refractivity contribution >= 4 is 16.9 Å². The Bertz CT molecular complexity index is 1060. The highest BCUT2D eigenvalue weighted by molar-refractivity contribution is 5.87. The van der Waals surface area contributed by atoms with Crippen molar-refractivity contribution in [2.75, 3.05) is 13.1 Å². The van der Waals surface area contributed by atoms with Gasteiger partial charge < -0.3 is 14.4 Å². The van der Waals surface area contributed by atoms with Gasteiger partial charge in [0.05, 0.1) is 18.2 Å². The highest BCUT2D eigenvalue weighted by atomic mass is 16.4. The van der Waals surface area contributed by atoms with Gasteiger partial charge in [-0.05, 0) is 30.5 Å². The van der Waals surface area contributed by atoms with E-state index in [1.807, 2.05) is 19.1 Å². The lowest BCUT2D eigenvalue weighted by molar-refractivity contribution is -0.129. The van der Waals surface area contributed by atoms with Gasteiger partial charge in [-0.3, -0.25) is 14.8 Å². The molecule has 0 saturated carbocycles. The van der Waals surface area contributed by atoms with Gasteiger partial charge in [0.25, 0.3) is 0 Å². The zero-order valence-electron chi connectivity index (χ0n) is 15.5. The number of aliphatic hydroxyl groups excluding tert-OH is 1. The number of fused-ring (bicyclic) bond motifs is 1. The van der Waals surface area contributed by atoms with Gasteiger partial charge in [-0.15, -0.1) is 0 Å². The lowest BCUT2D eigenvalue weighted by Gasteiger charge is -2.16. The molecule has 0 bridgehead atoms. The van der Waals surface area contributed by atoms with Gasteiger partial charge in [0.2, 0.25) is 5.91 Å². The third kappa shape index (κ3) is 3.80. The molecule has 1 aliphatic rings. The molecule has 0 radical (unpaired) electrons. The van der Waals surface area contributed by atoms with Crippen molar-refractivity contribution < 1.29 is 14.3 Å². The van der Waals surface area contributed by atoms with Crippen LogP contribution in [0.2, 0.25) is 0 Å². The minimum absolute atomic E-state index is 0.0825. The van der Waals surface area contributed by atoms with Crippen LogP contribution in [0, 0.1) is 12.8 Å². The van der Waals surface area contributed by atoms with Crippen molar-refractivity contribution in [2.45, 2.75) is 25.9 Å². The second kappa shape index (κ2) is 7.52. The molecule has 0 spiro atoms. The zero-order valence-corrected chi connectivity index (χ0v) is 15.5. The van der Waals surface area contributed by atoms with E-state index in [0.717, 1.165) is 16.6 Å². The Morgan fingerprint density at radius 3 is 2.93 bits per heavy atom. The van der Waals surface area contributed by atoms with Crippen LogP contribution < -0.4 is 5.63 Å². The summed E-state index contributed by atoms with van der Waals surface area (Å²) in [5, 5.41) is 11.1. The number of benzene rings is 1. The van der Waals surface area contributed by atoms with Crippen molar-refractivity contribution in [3.05, 3.63) is 70.1 Å². The molecule has 1 aromatic carbocycles. The Morgan fingerprint density at radius 2 is 2.14 bits per heavy atom. The lowest BCUT2D eigenvalue weighted by atomic mass is 10.0. The molecular weight excluding hydrogens is 358 g/mol. The lowest BCUT2D eigenvalue weighted by Crippen LogP contribution is -2.31. The summed E-state index contributed by atoms with van der Waals surface area (Å²) in [4.78, 5) is 34.7. The van der Waals surface area contributed by atoms with Crippen LogP contribution in [0.5, 0.6) is 0 Å². The number of β-amino-alcohol motifs (C(OH)–C–C–N with tert-alkyl or cyclic N) is 1. The average molecular weight is 379 g/mol. The highest BCUT2D eigenvalue weighted by Crippen LogP contribution is 2.23. The van der Waals surface area contributed by atoms with Crippen LogP contribution in [0.4, 0.5) is 0 Å². The molecule has 1 amide bonds. The number of carbonyl (C=O) groups excluding carboxylic acids is 1. The molecule has 28 heavy (non-hydrogen) atoms. The molecule has 1 aliphatic heterocycles. The van der Waals surface area contributed by atoms with Crippen LogP contribution in [0.3, 0.4) is 0 Å². The maximum Gasteiger partial charge on any atom is 0.336 e. The second-order valence-electron chi connectivity index (χ2n) is 7.29. The van der Waals surface area contributed by atoms with E-state index in [-0.39, 0.29) is 24.8 Å². The monoisotopic (exact) mass is 379 g/mol. The summed E-state index contributed by atoms with van der Waals surface area (Å²) in [7, 11) is 0. The SMILES string of the molecule is Cc1ccc2c(CC(=O)N3C[C@@H](Cc4cnccn4)[C@H](O)C3)cc(=O)oc2c1. The number of aryl methyl sites for hydroxylation is 1. The summed E-state index contributed by atoms with van der Waals surface area (Å²) in [5.74, 6) is -0.200. The van der Waals surface area contributed by atoms with Crippen LogP contribution in [0.15, 0.2) is 52.1 Å². The predicted octanol–water partition coefficient (Wildman–Crippen LogP) is 1.50. The summed E-state index contributed by atoms with van der Waals surface area (Å²) >= 11 is 0. The van der Waals surface area contributed by atoms with Crippen molar-refractivity contribution in [1.29, 1.82) is 0 Å². The van der Waals surface area contributed by atoms with Crippen LogP contribution in [-0.4, -0.2) is 45.1 Å². The summed E-state index contributed by atoms with van der Waals surface area (Å²) in [6.07, 6.45) is 4.95. The van der Waals surface area contributed by atoms with Crippen LogP contribution >= 0.6 is 0 Å². The van der Waals surface area contributed by atoms with E-state index in [1.54, 1.807) is 29.6 Å². The van der Waals surface area contributed by atoms with E-state index in [4.69, 9.17) is 4.42 Å². The molecule has 0 unspecified atom stereocenters. The number of aromatic nitrogens is 2. The standard InChI is InChI=1S/C21H21N3O4/c1-13-2-3-17-14(9-21(27)28-19(17)6-13)8-20(26)24-11-15(18(25)12-24)7-16-10-22-4-5-23-16/h2-6,9-10,15,18,25H,7-8,11-12H2,1H3/t15-,18-/m1/s1. The molecule has 3 heterocycles. The first-order valence-electron chi connectivity index (χ1n) is 9.24.